The Labute approximate surface area is 49.5 Å². The monoisotopic (exact) mass is 116 g/mol. The predicted molar refractivity (Wildman–Crippen MR) is 32.6 cm³/mol. The summed E-state index contributed by atoms with van der Waals surface area (Å²) in [4.78, 5) is 0. The van der Waals surface area contributed by atoms with E-state index in [1.807, 2.05) is 6.92 Å². The molecule has 8 heavy (non-hydrogen) atoms. The Morgan fingerprint density at radius 1 is 1.62 bits per heavy atom. The highest BCUT2D eigenvalue weighted by Crippen LogP contribution is 2.00. The van der Waals surface area contributed by atoms with Gasteiger partial charge < -0.3 is 10.2 Å². The van der Waals surface area contributed by atoms with Crippen LogP contribution in [0.1, 0.15) is 13.3 Å². The standard InChI is InChI=1S/C6H12O2/c1-6(2-4-7)3-5-8/h2,4,6-8H,3,5H2,1H3. The first-order chi connectivity index (χ1) is 3.81. The molecule has 0 aliphatic rings. The Kier molecular flexibility index (Phi) is 4.36. The van der Waals surface area contributed by atoms with E-state index >= 15 is 0 Å². The molecular formula is C6H12O2. The van der Waals surface area contributed by atoms with Gasteiger partial charge in [0.15, 0.2) is 0 Å². The van der Waals surface area contributed by atoms with E-state index in [0.29, 0.717) is 0 Å². The smallest absolute Gasteiger partial charge is 0.0754 e. The molecule has 0 rings (SSSR count). The fourth-order valence-corrected chi connectivity index (χ4v) is 0.447. The molecule has 0 amide bonds. The lowest BCUT2D eigenvalue weighted by Crippen LogP contribution is -1.92. The van der Waals surface area contributed by atoms with Crippen molar-refractivity contribution in [2.45, 2.75) is 13.3 Å². The first-order valence-electron chi connectivity index (χ1n) is 2.73. The summed E-state index contributed by atoms with van der Waals surface area (Å²) in [5.41, 5.74) is 0. The van der Waals surface area contributed by atoms with Crippen LogP contribution in [0, 0.1) is 5.92 Å². The molecule has 0 spiro atoms. The van der Waals surface area contributed by atoms with Gasteiger partial charge in [-0.15, -0.1) is 0 Å². The minimum absolute atomic E-state index is 0.186. The van der Waals surface area contributed by atoms with Crippen molar-refractivity contribution in [1.82, 2.24) is 0 Å². The summed E-state index contributed by atoms with van der Waals surface area (Å²) in [6.07, 6.45) is 3.38. The minimum Gasteiger partial charge on any atom is -0.516 e. The van der Waals surface area contributed by atoms with Gasteiger partial charge in [-0.3, -0.25) is 0 Å². The quantitative estimate of drug-likeness (QED) is 0.541. The van der Waals surface area contributed by atoms with Crippen molar-refractivity contribution in [3.63, 3.8) is 0 Å². The van der Waals surface area contributed by atoms with Crippen LogP contribution in [0.2, 0.25) is 0 Å². The van der Waals surface area contributed by atoms with Gasteiger partial charge in [-0.1, -0.05) is 6.92 Å². The predicted octanol–water partition coefficient (Wildman–Crippen LogP) is 1.08. The van der Waals surface area contributed by atoms with Crippen LogP contribution < -0.4 is 0 Å². The van der Waals surface area contributed by atoms with Gasteiger partial charge in [0, 0.05) is 6.61 Å². The van der Waals surface area contributed by atoms with Gasteiger partial charge in [-0.2, -0.15) is 0 Å². The molecule has 2 nitrogen and oxygen atoms in total. The van der Waals surface area contributed by atoms with Crippen LogP contribution in [0.4, 0.5) is 0 Å². The van der Waals surface area contributed by atoms with Gasteiger partial charge in [0.1, 0.15) is 0 Å². The Morgan fingerprint density at radius 3 is 2.62 bits per heavy atom. The lowest BCUT2D eigenvalue weighted by atomic mass is 10.1. The second kappa shape index (κ2) is 4.65. The van der Waals surface area contributed by atoms with E-state index in [1.54, 1.807) is 6.08 Å². The molecule has 0 saturated carbocycles. The zero-order valence-corrected chi connectivity index (χ0v) is 5.04. The summed E-state index contributed by atoms with van der Waals surface area (Å²) in [6.45, 7) is 2.12. The van der Waals surface area contributed by atoms with E-state index < -0.39 is 0 Å². The van der Waals surface area contributed by atoms with Crippen LogP contribution in [0.5, 0.6) is 0 Å². The summed E-state index contributed by atoms with van der Waals surface area (Å²) >= 11 is 0. The van der Waals surface area contributed by atoms with Crippen molar-refractivity contribution in [3.8, 4) is 0 Å². The van der Waals surface area contributed by atoms with Crippen molar-refractivity contribution in [1.29, 1.82) is 0 Å². The van der Waals surface area contributed by atoms with Crippen LogP contribution >= 0.6 is 0 Å². The Balaban J connectivity index is 3.17. The van der Waals surface area contributed by atoms with E-state index in [2.05, 4.69) is 0 Å². The van der Waals surface area contributed by atoms with E-state index in [0.717, 1.165) is 12.7 Å². The van der Waals surface area contributed by atoms with Crippen LogP contribution in [-0.4, -0.2) is 16.8 Å². The second-order valence-electron chi connectivity index (χ2n) is 1.83. The van der Waals surface area contributed by atoms with E-state index in [1.165, 1.54) is 0 Å². The van der Waals surface area contributed by atoms with E-state index in [9.17, 15) is 0 Å². The van der Waals surface area contributed by atoms with Crippen molar-refractivity contribution >= 4 is 0 Å². The second-order valence-corrected chi connectivity index (χ2v) is 1.83. The van der Waals surface area contributed by atoms with Crippen molar-refractivity contribution in [2.24, 2.45) is 5.92 Å². The molecular weight excluding hydrogens is 104 g/mol. The van der Waals surface area contributed by atoms with Crippen LogP contribution in [0.3, 0.4) is 0 Å². The number of hydrogen-bond acceptors (Lipinski definition) is 2. The van der Waals surface area contributed by atoms with Gasteiger partial charge in [0.2, 0.25) is 0 Å². The van der Waals surface area contributed by atoms with Gasteiger partial charge in [0.25, 0.3) is 0 Å². The summed E-state index contributed by atoms with van der Waals surface area (Å²) in [5.74, 6) is 0.282. The topological polar surface area (TPSA) is 40.5 Å². The SMILES string of the molecule is CC(C=CO)CCO. The molecule has 0 heterocycles. The molecule has 0 saturated heterocycles. The Bertz CT molecular complexity index is 68.9. The van der Waals surface area contributed by atoms with Gasteiger partial charge in [0.05, 0.1) is 6.26 Å². The molecule has 0 fully saturated rings. The number of allylic oxidation sites excluding steroid dienone is 1. The molecule has 2 N–H and O–H groups in total. The van der Waals surface area contributed by atoms with Gasteiger partial charge >= 0.3 is 0 Å². The summed E-state index contributed by atoms with van der Waals surface area (Å²) in [7, 11) is 0. The van der Waals surface area contributed by atoms with E-state index in [4.69, 9.17) is 10.2 Å². The summed E-state index contributed by atoms with van der Waals surface area (Å²) in [5, 5.41) is 16.5. The van der Waals surface area contributed by atoms with E-state index in [-0.39, 0.29) is 12.5 Å². The summed E-state index contributed by atoms with van der Waals surface area (Å²) in [6, 6.07) is 0. The fraction of sp³-hybridized carbons (Fsp3) is 0.667. The molecule has 0 aromatic heterocycles. The Hall–Kier alpha value is -0.500. The minimum atomic E-state index is 0.186. The van der Waals surface area contributed by atoms with Crippen molar-refractivity contribution < 1.29 is 10.2 Å². The highest BCUT2D eigenvalue weighted by molar-refractivity contribution is 4.78. The van der Waals surface area contributed by atoms with Crippen molar-refractivity contribution in [2.75, 3.05) is 6.61 Å². The molecule has 0 aromatic carbocycles. The molecule has 0 aromatic rings. The van der Waals surface area contributed by atoms with Crippen molar-refractivity contribution in [3.05, 3.63) is 12.3 Å². The van der Waals surface area contributed by atoms with Crippen LogP contribution in [-0.2, 0) is 0 Å². The molecule has 1 unspecified atom stereocenters. The number of aliphatic hydroxyl groups excluding tert-OH is 2. The highest BCUT2D eigenvalue weighted by Gasteiger charge is 1.92. The molecule has 0 bridgehead atoms. The third kappa shape index (κ3) is 3.68. The van der Waals surface area contributed by atoms with Gasteiger partial charge in [-0.05, 0) is 18.4 Å². The molecule has 48 valence electrons. The lowest BCUT2D eigenvalue weighted by Gasteiger charge is -1.98. The zero-order valence-electron chi connectivity index (χ0n) is 5.04. The van der Waals surface area contributed by atoms with Crippen LogP contribution in [0.25, 0.3) is 0 Å². The number of rotatable bonds is 3. The lowest BCUT2D eigenvalue weighted by molar-refractivity contribution is 0.273. The Morgan fingerprint density at radius 2 is 2.25 bits per heavy atom. The molecule has 0 radical (unpaired) electrons. The largest absolute Gasteiger partial charge is 0.516 e. The maximum Gasteiger partial charge on any atom is 0.0754 e. The molecule has 2 heteroatoms. The first-order valence-corrected chi connectivity index (χ1v) is 2.73. The third-order valence-corrected chi connectivity index (χ3v) is 0.999. The average molecular weight is 116 g/mol. The zero-order chi connectivity index (χ0) is 6.41. The molecule has 1 atom stereocenters. The number of hydrogen-bond donors (Lipinski definition) is 2. The normalized spacial score (nSPS) is 14.8. The maximum atomic E-state index is 8.35. The summed E-state index contributed by atoms with van der Waals surface area (Å²) < 4.78 is 0. The number of aliphatic hydroxyl groups is 2. The van der Waals surface area contributed by atoms with Gasteiger partial charge in [-0.25, -0.2) is 0 Å². The first kappa shape index (κ1) is 7.50. The molecule has 0 aliphatic carbocycles. The molecule has 0 aliphatic heterocycles. The highest BCUT2D eigenvalue weighted by atomic mass is 16.3. The average Bonchev–Trinajstić information content (AvgIpc) is 1.68. The third-order valence-electron chi connectivity index (χ3n) is 0.999. The van der Waals surface area contributed by atoms with Crippen LogP contribution in [0.15, 0.2) is 12.3 Å². The maximum absolute atomic E-state index is 8.35. The fourth-order valence-electron chi connectivity index (χ4n) is 0.447.